The second-order valence-electron chi connectivity index (χ2n) is 3.41. The van der Waals surface area contributed by atoms with Gasteiger partial charge in [-0.3, -0.25) is 0 Å². The molecule has 0 aliphatic carbocycles. The summed E-state index contributed by atoms with van der Waals surface area (Å²) in [7, 11) is 0. The van der Waals surface area contributed by atoms with Crippen LogP contribution in [0.15, 0.2) is 30.5 Å². The van der Waals surface area contributed by atoms with Crippen molar-refractivity contribution in [3.63, 3.8) is 0 Å². The second-order valence-corrected chi connectivity index (χ2v) is 4.44. The average Bonchev–Trinajstić information content (AvgIpc) is 2.77. The molecule has 100 valence electrons. The van der Waals surface area contributed by atoms with E-state index in [-0.39, 0.29) is 10.6 Å². The Morgan fingerprint density at radius 2 is 1.89 bits per heavy atom. The van der Waals surface area contributed by atoms with Gasteiger partial charge in [0, 0.05) is 5.56 Å². The number of hydrogen-bond acceptors (Lipinski definition) is 4. The Labute approximate surface area is 109 Å². The molecule has 1 aromatic carbocycles. The fourth-order valence-electron chi connectivity index (χ4n) is 1.31. The van der Waals surface area contributed by atoms with E-state index in [1.807, 2.05) is 0 Å². The molecule has 0 radical (unpaired) electrons. The maximum atomic E-state index is 12.0. The number of aromatic nitrogens is 1. The molecule has 2 aromatic rings. The Hall–Kier alpha value is -2.09. The predicted octanol–water partition coefficient (Wildman–Crippen LogP) is 3.41. The average molecular weight is 289 g/mol. The number of alkyl halides is 3. The third-order valence-electron chi connectivity index (χ3n) is 2.05. The van der Waals surface area contributed by atoms with Crippen LogP contribution in [0, 0.1) is 0 Å². The minimum atomic E-state index is -4.74. The summed E-state index contributed by atoms with van der Waals surface area (Å²) in [5.74, 6) is -1.44. The van der Waals surface area contributed by atoms with E-state index in [0.29, 0.717) is 10.6 Å². The molecule has 1 aromatic heterocycles. The summed E-state index contributed by atoms with van der Waals surface area (Å²) in [5.41, 5.74) is 0.520. The van der Waals surface area contributed by atoms with Crippen molar-refractivity contribution in [2.75, 3.05) is 0 Å². The Balaban J connectivity index is 2.20. The first kappa shape index (κ1) is 13.3. The highest BCUT2D eigenvalue weighted by Gasteiger charge is 2.31. The number of benzene rings is 1. The number of ether oxygens (including phenoxy) is 1. The van der Waals surface area contributed by atoms with Crippen LogP contribution in [-0.4, -0.2) is 22.4 Å². The molecule has 0 bridgehead atoms. The van der Waals surface area contributed by atoms with Crippen LogP contribution >= 0.6 is 11.3 Å². The van der Waals surface area contributed by atoms with Gasteiger partial charge in [-0.2, -0.15) is 0 Å². The summed E-state index contributed by atoms with van der Waals surface area (Å²) >= 11 is 0.939. The SMILES string of the molecule is O=C(O)c1cnc(-c2ccc(OC(F)(F)F)cc2)s1. The lowest BCUT2D eigenvalue weighted by atomic mass is 10.2. The number of carboxylic acid groups (broad SMARTS) is 1. The summed E-state index contributed by atoms with van der Waals surface area (Å²) in [4.78, 5) is 14.6. The van der Waals surface area contributed by atoms with E-state index in [1.165, 1.54) is 18.3 Å². The number of halogens is 3. The maximum Gasteiger partial charge on any atom is 0.573 e. The van der Waals surface area contributed by atoms with Gasteiger partial charge < -0.3 is 9.84 Å². The molecule has 0 unspecified atom stereocenters. The van der Waals surface area contributed by atoms with Crippen molar-refractivity contribution in [1.29, 1.82) is 0 Å². The van der Waals surface area contributed by atoms with Crippen LogP contribution in [0.4, 0.5) is 13.2 Å². The monoisotopic (exact) mass is 289 g/mol. The van der Waals surface area contributed by atoms with Gasteiger partial charge in [0.1, 0.15) is 15.6 Å². The summed E-state index contributed by atoms with van der Waals surface area (Å²) in [6.45, 7) is 0. The normalized spacial score (nSPS) is 11.3. The van der Waals surface area contributed by atoms with Crippen LogP contribution in [0.5, 0.6) is 5.75 Å². The molecule has 1 heterocycles. The molecule has 0 fully saturated rings. The summed E-state index contributed by atoms with van der Waals surface area (Å²) in [6.07, 6.45) is -3.54. The number of nitrogens with zero attached hydrogens (tertiary/aromatic N) is 1. The summed E-state index contributed by atoms with van der Waals surface area (Å²) in [6, 6.07) is 5.05. The van der Waals surface area contributed by atoms with E-state index in [2.05, 4.69) is 9.72 Å². The van der Waals surface area contributed by atoms with E-state index in [0.717, 1.165) is 23.5 Å². The fourth-order valence-corrected chi connectivity index (χ4v) is 2.07. The minimum Gasteiger partial charge on any atom is -0.477 e. The largest absolute Gasteiger partial charge is 0.573 e. The van der Waals surface area contributed by atoms with Crippen molar-refractivity contribution in [2.24, 2.45) is 0 Å². The van der Waals surface area contributed by atoms with Gasteiger partial charge in [-0.05, 0) is 24.3 Å². The predicted molar refractivity (Wildman–Crippen MR) is 61.2 cm³/mol. The fraction of sp³-hybridized carbons (Fsp3) is 0.0909. The molecule has 19 heavy (non-hydrogen) atoms. The van der Waals surface area contributed by atoms with Crippen molar-refractivity contribution in [3.8, 4) is 16.3 Å². The van der Waals surface area contributed by atoms with Crippen LogP contribution in [0.25, 0.3) is 10.6 Å². The third-order valence-corrected chi connectivity index (χ3v) is 3.09. The van der Waals surface area contributed by atoms with E-state index < -0.39 is 12.3 Å². The zero-order valence-electron chi connectivity index (χ0n) is 9.14. The van der Waals surface area contributed by atoms with Gasteiger partial charge in [-0.25, -0.2) is 9.78 Å². The van der Waals surface area contributed by atoms with Crippen molar-refractivity contribution >= 4 is 17.3 Å². The molecule has 0 aliphatic heterocycles. The van der Waals surface area contributed by atoms with Gasteiger partial charge in [-0.15, -0.1) is 24.5 Å². The van der Waals surface area contributed by atoms with Crippen molar-refractivity contribution < 1.29 is 27.8 Å². The molecule has 4 nitrogen and oxygen atoms in total. The van der Waals surface area contributed by atoms with E-state index >= 15 is 0 Å². The number of hydrogen-bond donors (Lipinski definition) is 1. The molecule has 2 rings (SSSR count). The Morgan fingerprint density at radius 1 is 1.26 bits per heavy atom. The first-order valence-electron chi connectivity index (χ1n) is 4.90. The van der Waals surface area contributed by atoms with Crippen LogP contribution in [0.3, 0.4) is 0 Å². The number of rotatable bonds is 3. The molecular weight excluding hydrogens is 283 g/mol. The zero-order valence-corrected chi connectivity index (χ0v) is 9.96. The van der Waals surface area contributed by atoms with Gasteiger partial charge in [-0.1, -0.05) is 0 Å². The molecule has 0 atom stereocenters. The Kier molecular flexibility index (Phi) is 3.43. The van der Waals surface area contributed by atoms with Crippen LogP contribution < -0.4 is 4.74 Å². The van der Waals surface area contributed by atoms with Gasteiger partial charge in [0.05, 0.1) is 6.20 Å². The molecule has 8 heteroatoms. The highest BCUT2D eigenvalue weighted by molar-refractivity contribution is 7.16. The van der Waals surface area contributed by atoms with E-state index in [9.17, 15) is 18.0 Å². The minimum absolute atomic E-state index is 0.0608. The highest BCUT2D eigenvalue weighted by atomic mass is 32.1. The van der Waals surface area contributed by atoms with Crippen molar-refractivity contribution in [2.45, 2.75) is 6.36 Å². The number of thiazole rings is 1. The number of carbonyl (C=O) groups is 1. The maximum absolute atomic E-state index is 12.0. The quantitative estimate of drug-likeness (QED) is 0.940. The Morgan fingerprint density at radius 3 is 2.37 bits per heavy atom. The standard InChI is InChI=1S/C11H6F3NO3S/c12-11(13,14)18-7-3-1-6(2-4-7)9-15-5-8(19-9)10(16)17/h1-5H,(H,16,17). The lowest BCUT2D eigenvalue weighted by Crippen LogP contribution is -2.16. The first-order valence-corrected chi connectivity index (χ1v) is 5.72. The molecule has 1 N–H and O–H groups in total. The smallest absolute Gasteiger partial charge is 0.477 e. The van der Waals surface area contributed by atoms with Gasteiger partial charge in [0.25, 0.3) is 0 Å². The lowest BCUT2D eigenvalue weighted by molar-refractivity contribution is -0.274. The van der Waals surface area contributed by atoms with Gasteiger partial charge in [0.2, 0.25) is 0 Å². The van der Waals surface area contributed by atoms with Crippen molar-refractivity contribution in [3.05, 3.63) is 35.3 Å². The summed E-state index contributed by atoms with van der Waals surface area (Å²) < 4.78 is 39.6. The molecule has 0 aliphatic rings. The van der Waals surface area contributed by atoms with Gasteiger partial charge >= 0.3 is 12.3 Å². The van der Waals surface area contributed by atoms with E-state index in [4.69, 9.17) is 5.11 Å². The summed E-state index contributed by atoms with van der Waals surface area (Å²) in [5, 5.41) is 9.16. The van der Waals surface area contributed by atoms with Crippen LogP contribution in [-0.2, 0) is 0 Å². The molecule has 0 amide bonds. The lowest BCUT2D eigenvalue weighted by Gasteiger charge is -2.08. The topological polar surface area (TPSA) is 59.4 Å². The first-order chi connectivity index (χ1) is 8.85. The molecule has 0 spiro atoms. The van der Waals surface area contributed by atoms with Crippen molar-refractivity contribution in [1.82, 2.24) is 4.98 Å². The second kappa shape index (κ2) is 4.88. The van der Waals surface area contributed by atoms with Gasteiger partial charge in [0.15, 0.2) is 0 Å². The Bertz CT molecular complexity index is 592. The van der Waals surface area contributed by atoms with Crippen LogP contribution in [0.2, 0.25) is 0 Å². The molecule has 0 saturated carbocycles. The number of aromatic carboxylic acids is 1. The molecule has 0 saturated heterocycles. The third kappa shape index (κ3) is 3.44. The van der Waals surface area contributed by atoms with E-state index in [1.54, 1.807) is 0 Å². The number of carboxylic acids is 1. The zero-order chi connectivity index (χ0) is 14.0. The van der Waals surface area contributed by atoms with Crippen LogP contribution in [0.1, 0.15) is 9.67 Å². The molecular formula is C11H6F3NO3S. The highest BCUT2D eigenvalue weighted by Crippen LogP contribution is 2.28.